The molecule has 3 heteroatoms. The first-order chi connectivity index (χ1) is 17.0. The van der Waals surface area contributed by atoms with E-state index in [2.05, 4.69) is 154 Å². The van der Waals surface area contributed by atoms with Crippen LogP contribution < -0.4 is 0 Å². The zero-order valence-electron chi connectivity index (χ0n) is 19.8. The van der Waals surface area contributed by atoms with E-state index in [-0.39, 0.29) is 0 Å². The zero-order chi connectivity index (χ0) is 24.2. The molecule has 0 nitrogen and oxygen atoms in total. The summed E-state index contributed by atoms with van der Waals surface area (Å²) in [6, 6.07) is 35.4. The highest BCUT2D eigenvalue weighted by Gasteiger charge is 2.49. The van der Waals surface area contributed by atoms with Gasteiger partial charge in [0.2, 0.25) is 0 Å². The summed E-state index contributed by atoms with van der Waals surface area (Å²) in [4.78, 5) is 0. The molecular formula is C32H26Br2Si. The van der Waals surface area contributed by atoms with Gasteiger partial charge in [0, 0.05) is 20.0 Å². The Morgan fingerprint density at radius 1 is 0.514 bits per heavy atom. The highest BCUT2D eigenvalue weighted by molar-refractivity contribution is 9.10. The minimum absolute atomic E-state index is 0.388. The number of hydrogen-bond acceptors (Lipinski definition) is 0. The summed E-state index contributed by atoms with van der Waals surface area (Å²) < 4.78 is 2.37. The smallest absolute Gasteiger partial charge is 0.0679 e. The van der Waals surface area contributed by atoms with Crippen LogP contribution in [0.3, 0.4) is 0 Å². The summed E-state index contributed by atoms with van der Waals surface area (Å²) in [6.07, 6.45) is 4.88. The highest BCUT2D eigenvalue weighted by Crippen LogP contribution is 2.57. The molecule has 0 saturated heterocycles. The maximum atomic E-state index is 3.86. The second kappa shape index (κ2) is 8.88. The average molecular weight is 598 g/mol. The van der Waals surface area contributed by atoms with Crippen LogP contribution in [0, 0.1) is 0 Å². The molecule has 4 aromatic carbocycles. The Balaban J connectivity index is 1.57. The minimum atomic E-state index is -2.06. The van der Waals surface area contributed by atoms with E-state index in [0.29, 0.717) is 11.1 Å². The summed E-state index contributed by atoms with van der Waals surface area (Å²) in [5.74, 6) is 0. The van der Waals surface area contributed by atoms with E-state index in [4.69, 9.17) is 0 Å². The van der Waals surface area contributed by atoms with E-state index < -0.39 is 8.07 Å². The van der Waals surface area contributed by atoms with Crippen molar-refractivity contribution in [3.63, 3.8) is 0 Å². The van der Waals surface area contributed by atoms with E-state index >= 15 is 0 Å². The van der Waals surface area contributed by atoms with Crippen molar-refractivity contribution in [1.82, 2.24) is 0 Å². The first-order valence-electron chi connectivity index (χ1n) is 12.1. The van der Waals surface area contributed by atoms with Crippen LogP contribution in [0.15, 0.2) is 106 Å². The first-order valence-corrected chi connectivity index (χ1v) is 16.8. The van der Waals surface area contributed by atoms with Crippen molar-refractivity contribution in [3.05, 3.63) is 139 Å². The second-order valence-corrected chi connectivity index (χ2v) is 16.6. The van der Waals surface area contributed by atoms with Gasteiger partial charge in [-0.1, -0.05) is 130 Å². The quantitative estimate of drug-likeness (QED) is 0.205. The Hall–Kier alpha value is -2.46. The lowest BCUT2D eigenvalue weighted by atomic mass is 10.0. The zero-order valence-corrected chi connectivity index (χ0v) is 24.0. The molecule has 2 aliphatic carbocycles. The Morgan fingerprint density at radius 2 is 0.914 bits per heavy atom. The molecule has 4 aromatic rings. The van der Waals surface area contributed by atoms with Gasteiger partial charge in [0.05, 0.1) is 8.07 Å². The first kappa shape index (κ1) is 23.0. The van der Waals surface area contributed by atoms with Crippen molar-refractivity contribution in [2.45, 2.75) is 24.2 Å². The van der Waals surface area contributed by atoms with Crippen molar-refractivity contribution >= 4 is 63.2 Å². The molecule has 35 heavy (non-hydrogen) atoms. The Bertz CT molecular complexity index is 1370. The van der Waals surface area contributed by atoms with E-state index in [1.54, 1.807) is 0 Å². The van der Waals surface area contributed by atoms with E-state index in [1.165, 1.54) is 53.5 Å². The summed E-state index contributed by atoms with van der Waals surface area (Å²) in [6.45, 7) is 5.20. The van der Waals surface area contributed by atoms with E-state index in [1.807, 2.05) is 0 Å². The van der Waals surface area contributed by atoms with Crippen molar-refractivity contribution in [1.29, 1.82) is 0 Å². The molecule has 0 radical (unpaired) electrons. The molecular weight excluding hydrogens is 572 g/mol. The molecule has 0 amide bonds. The second-order valence-electron chi connectivity index (χ2n) is 10.1. The van der Waals surface area contributed by atoms with Gasteiger partial charge in [-0.3, -0.25) is 0 Å². The van der Waals surface area contributed by atoms with Crippen LogP contribution in [0.25, 0.3) is 23.3 Å². The number of hydrogen-bond donors (Lipinski definition) is 0. The van der Waals surface area contributed by atoms with Crippen LogP contribution in [0.1, 0.15) is 44.5 Å². The largest absolute Gasteiger partial charge is 0.0731 e. The molecule has 0 bridgehead atoms. The Morgan fingerprint density at radius 3 is 1.31 bits per heavy atom. The van der Waals surface area contributed by atoms with Gasteiger partial charge in [-0.15, -0.1) is 0 Å². The van der Waals surface area contributed by atoms with Crippen LogP contribution >= 0.6 is 31.9 Å². The lowest BCUT2D eigenvalue weighted by Gasteiger charge is -2.40. The fraction of sp³-hybridized carbons (Fsp3) is 0.125. The molecule has 0 spiro atoms. The molecule has 172 valence electrons. The third-order valence-corrected chi connectivity index (χ3v) is 13.3. The molecule has 0 N–H and O–H groups in total. The number of benzene rings is 4. The van der Waals surface area contributed by atoms with Crippen LogP contribution in [0.4, 0.5) is 0 Å². The number of fused-ring (bicyclic) bond motifs is 2. The third-order valence-electron chi connectivity index (χ3n) is 7.72. The Labute approximate surface area is 225 Å². The third kappa shape index (κ3) is 3.76. The Kier molecular flexibility index (Phi) is 5.83. The fourth-order valence-electron chi connectivity index (χ4n) is 6.26. The van der Waals surface area contributed by atoms with Crippen molar-refractivity contribution in [2.24, 2.45) is 0 Å². The summed E-state index contributed by atoms with van der Waals surface area (Å²) in [5, 5.41) is 0. The number of halogens is 2. The highest BCUT2D eigenvalue weighted by atomic mass is 79.9. The molecule has 0 heterocycles. The molecule has 0 fully saturated rings. The maximum absolute atomic E-state index is 3.86. The standard InChI is InChI=1S/C32H26Br2Si/c1-35(2,31-23-15-9-17-29(33)27(23)19-25(31)21-11-5-3-6-12-21)32-24-16-10-18-30(34)28(24)20-26(32)22-13-7-4-8-14-22/h3-20,31-32H,1-2H3. The molecule has 0 aromatic heterocycles. The van der Waals surface area contributed by atoms with Crippen LogP contribution in [0.2, 0.25) is 13.1 Å². The molecule has 0 aliphatic heterocycles. The number of rotatable bonds is 4. The van der Waals surface area contributed by atoms with Gasteiger partial charge >= 0.3 is 0 Å². The van der Waals surface area contributed by atoms with Gasteiger partial charge in [-0.05, 0) is 68.8 Å². The SMILES string of the molecule is C[Si](C)(C1C(c2ccccc2)=Cc2c(Br)cccc21)C1C(c2ccccc2)=Cc2c(Br)cccc21. The number of allylic oxidation sites excluding steroid dienone is 2. The van der Waals surface area contributed by atoms with Gasteiger partial charge in [0.25, 0.3) is 0 Å². The van der Waals surface area contributed by atoms with Gasteiger partial charge in [-0.2, -0.15) is 0 Å². The monoisotopic (exact) mass is 596 g/mol. The van der Waals surface area contributed by atoms with Crippen molar-refractivity contribution < 1.29 is 0 Å². The molecule has 2 unspecified atom stereocenters. The fourth-order valence-corrected chi connectivity index (χ4v) is 11.8. The van der Waals surface area contributed by atoms with Gasteiger partial charge in [0.1, 0.15) is 0 Å². The predicted molar refractivity (Wildman–Crippen MR) is 160 cm³/mol. The normalized spacial score (nSPS) is 18.6. The topological polar surface area (TPSA) is 0 Å². The molecule has 2 aliphatic rings. The predicted octanol–water partition coefficient (Wildman–Crippen LogP) is 9.97. The maximum Gasteiger partial charge on any atom is 0.0731 e. The lowest BCUT2D eigenvalue weighted by Crippen LogP contribution is -2.42. The molecule has 2 atom stereocenters. The lowest BCUT2D eigenvalue weighted by molar-refractivity contribution is 1.06. The van der Waals surface area contributed by atoms with Crippen molar-refractivity contribution in [2.75, 3.05) is 0 Å². The minimum Gasteiger partial charge on any atom is -0.0679 e. The van der Waals surface area contributed by atoms with Gasteiger partial charge in [-0.25, -0.2) is 0 Å². The van der Waals surface area contributed by atoms with E-state index in [0.717, 1.165) is 0 Å². The summed E-state index contributed by atoms with van der Waals surface area (Å²) in [7, 11) is -2.06. The molecule has 0 saturated carbocycles. The van der Waals surface area contributed by atoms with Gasteiger partial charge in [0.15, 0.2) is 0 Å². The van der Waals surface area contributed by atoms with Gasteiger partial charge < -0.3 is 0 Å². The average Bonchev–Trinajstić information content (AvgIpc) is 3.47. The van der Waals surface area contributed by atoms with E-state index in [9.17, 15) is 0 Å². The summed E-state index contributed by atoms with van der Waals surface area (Å²) >= 11 is 7.72. The van der Waals surface area contributed by atoms with Crippen LogP contribution in [-0.2, 0) is 0 Å². The summed E-state index contributed by atoms with van der Waals surface area (Å²) in [5.41, 5.74) is 12.0. The van der Waals surface area contributed by atoms with Crippen LogP contribution in [-0.4, -0.2) is 8.07 Å². The van der Waals surface area contributed by atoms with Crippen LogP contribution in [0.5, 0.6) is 0 Å². The van der Waals surface area contributed by atoms with Crippen molar-refractivity contribution in [3.8, 4) is 0 Å². The molecule has 6 rings (SSSR count).